The summed E-state index contributed by atoms with van der Waals surface area (Å²) < 4.78 is 0. The van der Waals surface area contributed by atoms with Crippen molar-refractivity contribution in [2.24, 2.45) is 0 Å². The number of rotatable bonds is 5. The number of aryl methyl sites for hydroxylation is 2. The lowest BCUT2D eigenvalue weighted by Gasteiger charge is -2.21. The molecule has 0 saturated heterocycles. The number of benzene rings is 1. The fraction of sp³-hybridized carbons (Fsp3) is 0.278. The van der Waals surface area contributed by atoms with Crippen LogP contribution in [0.1, 0.15) is 23.6 Å². The molecule has 0 spiro atoms. The van der Waals surface area contributed by atoms with Gasteiger partial charge in [-0.3, -0.25) is 14.6 Å². The molecule has 0 radical (unpaired) electrons. The van der Waals surface area contributed by atoms with E-state index in [1.807, 2.05) is 26.0 Å². The van der Waals surface area contributed by atoms with Gasteiger partial charge in [0, 0.05) is 25.9 Å². The van der Waals surface area contributed by atoms with E-state index in [2.05, 4.69) is 10.3 Å². The van der Waals surface area contributed by atoms with Gasteiger partial charge in [-0.2, -0.15) is 0 Å². The zero-order valence-corrected chi connectivity index (χ0v) is 14.7. The Morgan fingerprint density at radius 2 is 2.04 bits per heavy atom. The van der Waals surface area contributed by atoms with Crippen LogP contribution < -0.4 is 5.32 Å². The van der Waals surface area contributed by atoms with Crippen LogP contribution in [0.25, 0.3) is 0 Å². The van der Waals surface area contributed by atoms with Gasteiger partial charge in [0.2, 0.25) is 11.8 Å². The average molecular weight is 346 g/mol. The Kier molecular flexibility index (Phi) is 5.93. The van der Waals surface area contributed by atoms with Crippen molar-refractivity contribution < 1.29 is 9.59 Å². The van der Waals surface area contributed by atoms with E-state index in [0.29, 0.717) is 17.3 Å². The van der Waals surface area contributed by atoms with Crippen LogP contribution in [0, 0.1) is 13.8 Å². The number of hydrogen-bond acceptors (Lipinski definition) is 3. The van der Waals surface area contributed by atoms with Crippen molar-refractivity contribution in [1.29, 1.82) is 0 Å². The minimum Gasteiger partial charge on any atom is -0.329 e. The summed E-state index contributed by atoms with van der Waals surface area (Å²) in [6, 6.07) is 7.40. The molecule has 1 heterocycles. The normalized spacial score (nSPS) is 10.3. The minimum absolute atomic E-state index is 0.0477. The van der Waals surface area contributed by atoms with Crippen LogP contribution in [-0.2, 0) is 16.1 Å². The number of anilines is 1. The van der Waals surface area contributed by atoms with E-state index >= 15 is 0 Å². The molecule has 2 amide bonds. The smallest absolute Gasteiger partial charge is 0.244 e. The van der Waals surface area contributed by atoms with Crippen molar-refractivity contribution >= 4 is 29.1 Å². The van der Waals surface area contributed by atoms with Crippen molar-refractivity contribution in [3.8, 4) is 0 Å². The molecule has 0 aliphatic carbocycles. The maximum absolute atomic E-state index is 12.3. The fourth-order valence-corrected chi connectivity index (χ4v) is 2.79. The third kappa shape index (κ3) is 4.80. The number of amides is 2. The van der Waals surface area contributed by atoms with E-state index in [1.54, 1.807) is 24.5 Å². The molecule has 2 aromatic rings. The van der Waals surface area contributed by atoms with E-state index in [-0.39, 0.29) is 18.4 Å². The summed E-state index contributed by atoms with van der Waals surface area (Å²) in [5, 5.41) is 3.28. The Bertz CT molecular complexity index is 724. The second kappa shape index (κ2) is 7.93. The first kappa shape index (κ1) is 17.9. The first-order valence-electron chi connectivity index (χ1n) is 7.58. The molecule has 0 saturated carbocycles. The molecule has 1 aromatic carbocycles. The van der Waals surface area contributed by atoms with Crippen molar-refractivity contribution in [3.63, 3.8) is 0 Å². The SMILES string of the molecule is CC(=O)N(CC(=O)Nc1c(C)cc(C)cc1Cl)Cc1cccnc1. The Morgan fingerprint density at radius 1 is 1.29 bits per heavy atom. The van der Waals surface area contributed by atoms with E-state index in [9.17, 15) is 9.59 Å². The third-order valence-corrected chi connectivity index (χ3v) is 3.87. The number of halogens is 1. The van der Waals surface area contributed by atoms with E-state index < -0.39 is 0 Å². The van der Waals surface area contributed by atoms with Gasteiger partial charge in [-0.25, -0.2) is 0 Å². The molecule has 1 aromatic heterocycles. The second-order valence-corrected chi connectivity index (χ2v) is 6.13. The summed E-state index contributed by atoms with van der Waals surface area (Å²) in [4.78, 5) is 29.6. The highest BCUT2D eigenvalue weighted by Crippen LogP contribution is 2.27. The van der Waals surface area contributed by atoms with E-state index in [0.717, 1.165) is 16.7 Å². The number of hydrogen-bond donors (Lipinski definition) is 1. The molecule has 5 nitrogen and oxygen atoms in total. The minimum atomic E-state index is -0.289. The summed E-state index contributed by atoms with van der Waals surface area (Å²) in [6.45, 7) is 5.54. The van der Waals surface area contributed by atoms with Gasteiger partial charge in [0.05, 0.1) is 10.7 Å². The average Bonchev–Trinajstić information content (AvgIpc) is 2.51. The first-order valence-corrected chi connectivity index (χ1v) is 7.95. The number of pyridine rings is 1. The fourth-order valence-electron chi connectivity index (χ4n) is 2.42. The topological polar surface area (TPSA) is 62.3 Å². The molecule has 0 fully saturated rings. The summed E-state index contributed by atoms with van der Waals surface area (Å²) >= 11 is 6.20. The van der Waals surface area contributed by atoms with Gasteiger partial charge in [0.15, 0.2) is 0 Å². The van der Waals surface area contributed by atoms with Crippen molar-refractivity contribution in [3.05, 3.63) is 58.4 Å². The standard InChI is InChI=1S/C18H20ClN3O2/c1-12-7-13(2)18(16(19)8-12)21-17(24)11-22(14(3)23)10-15-5-4-6-20-9-15/h4-9H,10-11H2,1-3H3,(H,21,24). The van der Waals surface area contributed by atoms with Crippen molar-refractivity contribution in [1.82, 2.24) is 9.88 Å². The number of nitrogens with zero attached hydrogens (tertiary/aromatic N) is 2. The van der Waals surface area contributed by atoms with Gasteiger partial charge in [-0.05, 0) is 42.7 Å². The molecule has 0 aliphatic rings. The summed E-state index contributed by atoms with van der Waals surface area (Å²) in [6.07, 6.45) is 3.34. The molecule has 0 unspecified atom stereocenters. The Labute approximate surface area is 146 Å². The van der Waals surface area contributed by atoms with Crippen LogP contribution in [0.4, 0.5) is 5.69 Å². The predicted molar refractivity (Wildman–Crippen MR) is 94.9 cm³/mol. The van der Waals surface area contributed by atoms with Crippen LogP contribution in [-0.4, -0.2) is 28.2 Å². The molecule has 0 bridgehead atoms. The van der Waals surface area contributed by atoms with E-state index in [1.165, 1.54) is 11.8 Å². The third-order valence-electron chi connectivity index (χ3n) is 3.57. The Hall–Kier alpha value is -2.40. The van der Waals surface area contributed by atoms with Crippen LogP contribution in [0.5, 0.6) is 0 Å². The maximum Gasteiger partial charge on any atom is 0.244 e. The van der Waals surface area contributed by atoms with Gasteiger partial charge in [0.25, 0.3) is 0 Å². The molecule has 6 heteroatoms. The van der Waals surface area contributed by atoms with Crippen molar-refractivity contribution in [2.45, 2.75) is 27.3 Å². The molecule has 126 valence electrons. The van der Waals surface area contributed by atoms with Gasteiger partial charge in [-0.1, -0.05) is 23.7 Å². The zero-order valence-electron chi connectivity index (χ0n) is 14.0. The van der Waals surface area contributed by atoms with Gasteiger partial charge in [0.1, 0.15) is 6.54 Å². The summed E-state index contributed by atoms with van der Waals surface area (Å²) in [7, 11) is 0. The lowest BCUT2D eigenvalue weighted by Crippen LogP contribution is -2.36. The van der Waals surface area contributed by atoms with Crippen molar-refractivity contribution in [2.75, 3.05) is 11.9 Å². The first-order chi connectivity index (χ1) is 11.4. The number of carbonyl (C=O) groups excluding carboxylic acids is 2. The Morgan fingerprint density at radius 3 is 2.62 bits per heavy atom. The van der Waals surface area contributed by atoms with Crippen LogP contribution >= 0.6 is 11.6 Å². The maximum atomic E-state index is 12.3. The highest BCUT2D eigenvalue weighted by atomic mass is 35.5. The molecule has 0 atom stereocenters. The molecule has 1 N–H and O–H groups in total. The molecule has 0 aliphatic heterocycles. The molecule has 2 rings (SSSR count). The van der Waals surface area contributed by atoms with Gasteiger partial charge in [-0.15, -0.1) is 0 Å². The summed E-state index contributed by atoms with van der Waals surface area (Å²) in [5.41, 5.74) is 3.36. The van der Waals surface area contributed by atoms with Crippen LogP contribution in [0.15, 0.2) is 36.7 Å². The van der Waals surface area contributed by atoms with Gasteiger partial charge >= 0.3 is 0 Å². The lowest BCUT2D eigenvalue weighted by atomic mass is 10.1. The predicted octanol–water partition coefficient (Wildman–Crippen LogP) is 3.34. The molecular formula is C18H20ClN3O2. The van der Waals surface area contributed by atoms with Gasteiger partial charge < -0.3 is 10.2 Å². The lowest BCUT2D eigenvalue weighted by molar-refractivity contribution is -0.133. The monoisotopic (exact) mass is 345 g/mol. The summed E-state index contributed by atoms with van der Waals surface area (Å²) in [5.74, 6) is -0.469. The molecule has 24 heavy (non-hydrogen) atoms. The highest BCUT2D eigenvalue weighted by molar-refractivity contribution is 6.34. The number of nitrogens with one attached hydrogen (secondary N) is 1. The van der Waals surface area contributed by atoms with Crippen LogP contribution in [0.2, 0.25) is 5.02 Å². The Balaban J connectivity index is 2.07. The van der Waals surface area contributed by atoms with Crippen LogP contribution in [0.3, 0.4) is 0 Å². The zero-order chi connectivity index (χ0) is 17.7. The number of carbonyl (C=O) groups is 2. The number of aromatic nitrogens is 1. The highest BCUT2D eigenvalue weighted by Gasteiger charge is 2.16. The molecular weight excluding hydrogens is 326 g/mol. The quantitative estimate of drug-likeness (QED) is 0.904. The second-order valence-electron chi connectivity index (χ2n) is 5.72. The van der Waals surface area contributed by atoms with E-state index in [4.69, 9.17) is 11.6 Å². The largest absolute Gasteiger partial charge is 0.329 e.